The third kappa shape index (κ3) is 2.72. The highest BCUT2D eigenvalue weighted by molar-refractivity contribution is 7.15. The number of halogens is 2. The first-order valence-electron chi connectivity index (χ1n) is 5.80. The summed E-state index contributed by atoms with van der Waals surface area (Å²) in [7, 11) is 0. The van der Waals surface area contributed by atoms with Crippen molar-refractivity contribution < 1.29 is 0 Å². The van der Waals surface area contributed by atoms with Gasteiger partial charge in [-0.05, 0) is 24.1 Å². The van der Waals surface area contributed by atoms with Crippen LogP contribution in [0.3, 0.4) is 0 Å². The predicted molar refractivity (Wildman–Crippen MR) is 81.5 cm³/mol. The molecule has 18 heavy (non-hydrogen) atoms. The minimum atomic E-state index is 0.0710. The van der Waals surface area contributed by atoms with Crippen LogP contribution in [0.2, 0.25) is 10.0 Å². The number of hydrogen-bond acceptors (Lipinski definition) is 2. The van der Waals surface area contributed by atoms with E-state index in [0.29, 0.717) is 16.0 Å². The molecule has 1 aromatic heterocycles. The monoisotopic (exact) mass is 299 g/mol. The van der Waals surface area contributed by atoms with Gasteiger partial charge in [-0.25, -0.2) is 0 Å². The Morgan fingerprint density at radius 3 is 2.50 bits per heavy atom. The Balaban J connectivity index is 2.38. The molecule has 0 saturated heterocycles. The van der Waals surface area contributed by atoms with Crippen LogP contribution in [0.25, 0.3) is 10.4 Å². The van der Waals surface area contributed by atoms with Crippen LogP contribution in [0.1, 0.15) is 24.8 Å². The molecule has 0 aliphatic heterocycles. The third-order valence-electron chi connectivity index (χ3n) is 2.89. The summed E-state index contributed by atoms with van der Waals surface area (Å²) in [6.07, 6.45) is 0. The van der Waals surface area contributed by atoms with Gasteiger partial charge in [0.15, 0.2) is 0 Å². The topological polar surface area (TPSA) is 26.0 Å². The number of rotatable bonds is 3. The Morgan fingerprint density at radius 2 is 1.83 bits per heavy atom. The molecule has 96 valence electrons. The molecule has 0 amide bonds. The molecule has 0 radical (unpaired) electrons. The van der Waals surface area contributed by atoms with Crippen molar-refractivity contribution in [1.29, 1.82) is 0 Å². The molecule has 0 bridgehead atoms. The maximum Gasteiger partial charge on any atom is 0.0678 e. The van der Waals surface area contributed by atoms with Gasteiger partial charge in [-0.2, -0.15) is 0 Å². The van der Waals surface area contributed by atoms with Crippen molar-refractivity contribution >= 4 is 34.5 Å². The first kappa shape index (κ1) is 13.9. The molecule has 0 saturated carbocycles. The van der Waals surface area contributed by atoms with Gasteiger partial charge in [0.25, 0.3) is 0 Å². The Hall–Kier alpha value is -0.540. The fourth-order valence-electron chi connectivity index (χ4n) is 1.70. The van der Waals surface area contributed by atoms with E-state index in [0.717, 1.165) is 10.4 Å². The fraction of sp³-hybridized carbons (Fsp3) is 0.286. The van der Waals surface area contributed by atoms with Crippen LogP contribution in [-0.2, 0) is 0 Å². The normalized spacial score (nSPS) is 13.0. The van der Waals surface area contributed by atoms with Gasteiger partial charge in [0, 0.05) is 21.4 Å². The zero-order chi connectivity index (χ0) is 13.3. The van der Waals surface area contributed by atoms with Gasteiger partial charge in [0.05, 0.1) is 10.0 Å². The molecular formula is C14H15Cl2NS. The van der Waals surface area contributed by atoms with Gasteiger partial charge in [0.2, 0.25) is 0 Å². The SMILES string of the molecule is CC(C)C(N)c1ccc(-c2cccc(Cl)c2Cl)s1. The molecular weight excluding hydrogens is 285 g/mol. The maximum absolute atomic E-state index is 6.22. The van der Waals surface area contributed by atoms with E-state index < -0.39 is 0 Å². The number of nitrogens with two attached hydrogens (primary N) is 1. The number of benzene rings is 1. The van der Waals surface area contributed by atoms with Gasteiger partial charge in [0.1, 0.15) is 0 Å². The molecule has 2 aromatic rings. The summed E-state index contributed by atoms with van der Waals surface area (Å²) >= 11 is 13.9. The lowest BCUT2D eigenvalue weighted by Crippen LogP contribution is -2.14. The fourth-order valence-corrected chi connectivity index (χ4v) is 3.37. The first-order valence-corrected chi connectivity index (χ1v) is 7.37. The van der Waals surface area contributed by atoms with Gasteiger partial charge in [-0.15, -0.1) is 11.3 Å². The highest BCUT2D eigenvalue weighted by Crippen LogP contribution is 2.38. The molecule has 0 fully saturated rings. The van der Waals surface area contributed by atoms with Crippen molar-refractivity contribution in [3.63, 3.8) is 0 Å². The molecule has 1 atom stereocenters. The van der Waals surface area contributed by atoms with Gasteiger partial charge in [-0.3, -0.25) is 0 Å². The molecule has 2 N–H and O–H groups in total. The van der Waals surface area contributed by atoms with Crippen LogP contribution in [0.4, 0.5) is 0 Å². The highest BCUT2D eigenvalue weighted by atomic mass is 35.5. The van der Waals surface area contributed by atoms with E-state index >= 15 is 0 Å². The summed E-state index contributed by atoms with van der Waals surface area (Å²) in [5.41, 5.74) is 7.12. The molecule has 0 aliphatic rings. The summed E-state index contributed by atoms with van der Waals surface area (Å²) in [5, 5.41) is 1.18. The zero-order valence-electron chi connectivity index (χ0n) is 10.3. The zero-order valence-corrected chi connectivity index (χ0v) is 12.6. The summed E-state index contributed by atoms with van der Waals surface area (Å²) < 4.78 is 0. The lowest BCUT2D eigenvalue weighted by molar-refractivity contribution is 0.521. The van der Waals surface area contributed by atoms with E-state index in [-0.39, 0.29) is 6.04 Å². The minimum absolute atomic E-state index is 0.0710. The number of thiophene rings is 1. The standard InChI is InChI=1S/C14H15Cl2NS/c1-8(2)14(17)12-7-6-11(18-12)9-4-3-5-10(15)13(9)16/h3-8,14H,17H2,1-2H3. The summed E-state index contributed by atoms with van der Waals surface area (Å²) in [4.78, 5) is 2.28. The van der Waals surface area contributed by atoms with Gasteiger partial charge in [-0.1, -0.05) is 49.2 Å². The van der Waals surface area contributed by atoms with Gasteiger partial charge >= 0.3 is 0 Å². The maximum atomic E-state index is 6.22. The molecule has 1 heterocycles. The summed E-state index contributed by atoms with van der Waals surface area (Å²) in [5.74, 6) is 0.423. The van der Waals surface area contributed by atoms with Crippen LogP contribution >= 0.6 is 34.5 Å². The first-order chi connectivity index (χ1) is 8.50. The molecule has 1 unspecified atom stereocenters. The van der Waals surface area contributed by atoms with Crippen molar-refractivity contribution in [2.24, 2.45) is 11.7 Å². The molecule has 2 rings (SSSR count). The van der Waals surface area contributed by atoms with Crippen LogP contribution in [-0.4, -0.2) is 0 Å². The largest absolute Gasteiger partial charge is 0.323 e. The lowest BCUT2D eigenvalue weighted by Gasteiger charge is -2.13. The number of hydrogen-bond donors (Lipinski definition) is 1. The molecule has 1 aromatic carbocycles. The van der Waals surface area contributed by atoms with Crippen molar-refractivity contribution in [3.8, 4) is 10.4 Å². The van der Waals surface area contributed by atoms with Crippen molar-refractivity contribution in [2.45, 2.75) is 19.9 Å². The van der Waals surface area contributed by atoms with E-state index in [2.05, 4.69) is 26.0 Å². The smallest absolute Gasteiger partial charge is 0.0678 e. The quantitative estimate of drug-likeness (QED) is 0.809. The predicted octanol–water partition coefficient (Wildman–Crippen LogP) is 5.38. The van der Waals surface area contributed by atoms with E-state index in [9.17, 15) is 0 Å². The van der Waals surface area contributed by atoms with E-state index in [1.807, 2.05) is 12.1 Å². The second-order valence-corrected chi connectivity index (χ2v) is 6.47. The Kier molecular flexibility index (Phi) is 4.33. The second kappa shape index (κ2) is 5.62. The van der Waals surface area contributed by atoms with Crippen LogP contribution in [0.5, 0.6) is 0 Å². The molecule has 1 nitrogen and oxygen atoms in total. The van der Waals surface area contributed by atoms with Crippen LogP contribution in [0, 0.1) is 5.92 Å². The van der Waals surface area contributed by atoms with Crippen LogP contribution < -0.4 is 5.73 Å². The van der Waals surface area contributed by atoms with E-state index in [1.54, 1.807) is 17.4 Å². The molecule has 0 aliphatic carbocycles. The summed E-state index contributed by atoms with van der Waals surface area (Å²) in [6, 6.07) is 9.88. The second-order valence-electron chi connectivity index (χ2n) is 4.57. The van der Waals surface area contributed by atoms with Gasteiger partial charge < -0.3 is 5.73 Å². The summed E-state index contributed by atoms with van der Waals surface area (Å²) in [6.45, 7) is 4.24. The third-order valence-corrected chi connectivity index (χ3v) is 4.93. The van der Waals surface area contributed by atoms with Crippen molar-refractivity contribution in [2.75, 3.05) is 0 Å². The average Bonchev–Trinajstić information content (AvgIpc) is 2.80. The Morgan fingerprint density at radius 1 is 1.11 bits per heavy atom. The van der Waals surface area contributed by atoms with E-state index in [1.165, 1.54) is 4.88 Å². The Labute approximate surface area is 122 Å². The average molecular weight is 300 g/mol. The Bertz CT molecular complexity index is 548. The van der Waals surface area contributed by atoms with Crippen LogP contribution in [0.15, 0.2) is 30.3 Å². The van der Waals surface area contributed by atoms with Crippen molar-refractivity contribution in [3.05, 3.63) is 45.3 Å². The van der Waals surface area contributed by atoms with E-state index in [4.69, 9.17) is 28.9 Å². The lowest BCUT2D eigenvalue weighted by atomic mass is 10.0. The minimum Gasteiger partial charge on any atom is -0.323 e. The molecule has 4 heteroatoms. The van der Waals surface area contributed by atoms with Crippen molar-refractivity contribution in [1.82, 2.24) is 0 Å². The highest BCUT2D eigenvalue weighted by Gasteiger charge is 2.15. The molecule has 0 spiro atoms.